The summed E-state index contributed by atoms with van der Waals surface area (Å²) in [5.41, 5.74) is 4.21. The van der Waals surface area contributed by atoms with Gasteiger partial charge < -0.3 is 10.3 Å². The molecule has 0 saturated carbocycles. The molecule has 0 spiro atoms. The molecule has 0 radical (unpaired) electrons. The Kier molecular flexibility index (Phi) is 5.31. The molecule has 0 fully saturated rings. The first-order valence-corrected chi connectivity index (χ1v) is 10.2. The van der Waals surface area contributed by atoms with Crippen molar-refractivity contribution in [3.63, 3.8) is 0 Å². The number of hydrogen-bond donors (Lipinski definition) is 2. The maximum atomic E-state index is 12.7. The Morgan fingerprint density at radius 1 is 1.18 bits per heavy atom. The number of amides is 1. The molecule has 0 aliphatic carbocycles. The first-order valence-electron chi connectivity index (χ1n) is 10.2. The minimum absolute atomic E-state index is 0.193. The van der Waals surface area contributed by atoms with Gasteiger partial charge in [-0.15, -0.1) is 0 Å². The zero-order valence-corrected chi connectivity index (χ0v) is 17.4. The van der Waals surface area contributed by atoms with E-state index in [-0.39, 0.29) is 18.4 Å². The first kappa shape index (κ1) is 20.1. The van der Waals surface area contributed by atoms with Gasteiger partial charge in [0.2, 0.25) is 0 Å². The minimum atomic E-state index is -0.363. The van der Waals surface area contributed by atoms with E-state index in [1.54, 1.807) is 53.6 Å². The van der Waals surface area contributed by atoms with Crippen molar-refractivity contribution >= 4 is 22.6 Å². The molecule has 9 heteroatoms. The van der Waals surface area contributed by atoms with Crippen LogP contribution in [0.1, 0.15) is 28.4 Å². The van der Waals surface area contributed by atoms with Crippen LogP contribution < -0.4 is 5.32 Å². The van der Waals surface area contributed by atoms with Crippen LogP contribution in [0, 0.1) is 11.3 Å². The number of aromatic amines is 1. The Morgan fingerprint density at radius 3 is 2.97 bits per heavy atom. The lowest BCUT2D eigenvalue weighted by atomic mass is 10.0. The quantitative estimate of drug-likeness (QED) is 0.416. The summed E-state index contributed by atoms with van der Waals surface area (Å²) in [6.07, 6.45) is 10.3. The molecule has 0 aliphatic rings. The first-order chi connectivity index (χ1) is 16.2. The highest BCUT2D eigenvalue weighted by molar-refractivity contribution is 6.04. The summed E-state index contributed by atoms with van der Waals surface area (Å²) in [6, 6.07) is 14.5. The van der Waals surface area contributed by atoms with E-state index in [4.69, 9.17) is 0 Å². The fraction of sp³-hybridized carbons (Fsp3) is 0.0833. The second kappa shape index (κ2) is 8.72. The molecule has 1 unspecified atom stereocenters. The average Bonchev–Trinajstić information content (AvgIpc) is 3.53. The topological polar surface area (TPSA) is 125 Å². The molecule has 33 heavy (non-hydrogen) atoms. The number of anilines is 1. The van der Waals surface area contributed by atoms with Crippen LogP contribution in [0.15, 0.2) is 79.8 Å². The number of pyridine rings is 1. The number of carbonyl (C=O) groups is 1. The van der Waals surface area contributed by atoms with E-state index < -0.39 is 0 Å². The number of aromatic nitrogens is 6. The van der Waals surface area contributed by atoms with E-state index in [0.717, 1.165) is 27.9 Å². The average molecular weight is 434 g/mol. The van der Waals surface area contributed by atoms with Gasteiger partial charge >= 0.3 is 0 Å². The van der Waals surface area contributed by atoms with Crippen LogP contribution in [0.4, 0.5) is 5.69 Å². The van der Waals surface area contributed by atoms with E-state index in [1.165, 1.54) is 6.33 Å². The molecule has 0 aliphatic heterocycles. The molecular weight excluding hydrogens is 416 g/mol. The van der Waals surface area contributed by atoms with Crippen molar-refractivity contribution < 1.29 is 4.79 Å². The number of carbonyl (C=O) groups excluding carboxylic acids is 1. The maximum absolute atomic E-state index is 12.7. The van der Waals surface area contributed by atoms with Gasteiger partial charge in [0.1, 0.15) is 12.0 Å². The van der Waals surface area contributed by atoms with Gasteiger partial charge in [0.15, 0.2) is 0 Å². The van der Waals surface area contributed by atoms with Crippen LogP contribution in [0.3, 0.4) is 0 Å². The molecule has 2 N–H and O–H groups in total. The molecule has 1 atom stereocenters. The summed E-state index contributed by atoms with van der Waals surface area (Å²) in [4.78, 5) is 28.4. The highest BCUT2D eigenvalue weighted by atomic mass is 16.1. The Bertz CT molecular complexity index is 1460. The van der Waals surface area contributed by atoms with Gasteiger partial charge in [-0.1, -0.05) is 12.1 Å². The normalized spacial score (nSPS) is 11.7. The monoisotopic (exact) mass is 434 g/mol. The Hall–Kier alpha value is -4.84. The third-order valence-corrected chi connectivity index (χ3v) is 5.29. The molecule has 5 rings (SSSR count). The van der Waals surface area contributed by atoms with Crippen LogP contribution in [-0.4, -0.2) is 35.6 Å². The SMILES string of the molecule is N#CCC(c1cccc(C(=O)Nc2cccnc2)c1)n1cc(-c2ncnc3[nH]ccc23)cn1. The Balaban J connectivity index is 1.45. The van der Waals surface area contributed by atoms with E-state index in [2.05, 4.69) is 36.4 Å². The summed E-state index contributed by atoms with van der Waals surface area (Å²) < 4.78 is 1.73. The van der Waals surface area contributed by atoms with Crippen LogP contribution in [0.25, 0.3) is 22.3 Å². The standard InChI is InChI=1S/C24H18N8O/c25-8-6-21(16-3-1-4-17(11-16)24(33)31-19-5-2-9-26-13-19)32-14-18(12-30-32)22-20-7-10-27-23(20)29-15-28-22/h1-5,7,9-15,21H,6H2,(H,31,33)(H,27,28,29). The molecule has 4 aromatic heterocycles. The molecule has 1 aromatic carbocycles. The molecule has 9 nitrogen and oxygen atoms in total. The largest absolute Gasteiger partial charge is 0.346 e. The Labute approximate surface area is 188 Å². The molecule has 4 heterocycles. The van der Waals surface area contributed by atoms with Crippen LogP contribution >= 0.6 is 0 Å². The number of nitrogens with zero attached hydrogens (tertiary/aromatic N) is 6. The number of H-pyrrole nitrogens is 1. The highest BCUT2D eigenvalue weighted by Gasteiger charge is 2.18. The summed E-state index contributed by atoms with van der Waals surface area (Å²) in [5, 5.41) is 17.7. The second-order valence-electron chi connectivity index (χ2n) is 7.37. The third-order valence-electron chi connectivity index (χ3n) is 5.29. The zero-order chi connectivity index (χ0) is 22.6. The van der Waals surface area contributed by atoms with Crippen molar-refractivity contribution in [2.45, 2.75) is 12.5 Å². The van der Waals surface area contributed by atoms with E-state index in [0.29, 0.717) is 11.3 Å². The lowest BCUT2D eigenvalue weighted by Crippen LogP contribution is -2.15. The molecular formula is C24H18N8O. The second-order valence-corrected chi connectivity index (χ2v) is 7.37. The van der Waals surface area contributed by atoms with Crippen LogP contribution in [0.5, 0.6) is 0 Å². The van der Waals surface area contributed by atoms with E-state index >= 15 is 0 Å². The van der Waals surface area contributed by atoms with Gasteiger partial charge in [0.25, 0.3) is 5.91 Å². The third kappa shape index (κ3) is 4.05. The zero-order valence-electron chi connectivity index (χ0n) is 17.4. The van der Waals surface area contributed by atoms with Gasteiger partial charge in [-0.2, -0.15) is 10.4 Å². The summed E-state index contributed by atoms with van der Waals surface area (Å²) >= 11 is 0. The molecule has 5 aromatic rings. The van der Waals surface area contributed by atoms with Crippen molar-refractivity contribution in [1.29, 1.82) is 5.26 Å². The number of nitrogens with one attached hydrogen (secondary N) is 2. The number of rotatable bonds is 6. The number of benzene rings is 1. The fourth-order valence-corrected chi connectivity index (χ4v) is 3.71. The summed E-state index contributed by atoms with van der Waals surface area (Å²) in [6.45, 7) is 0. The van der Waals surface area contributed by atoms with Gasteiger partial charge in [0, 0.05) is 35.1 Å². The lowest BCUT2D eigenvalue weighted by Gasteiger charge is -2.16. The molecule has 0 saturated heterocycles. The van der Waals surface area contributed by atoms with Crippen molar-refractivity contribution in [3.8, 4) is 17.3 Å². The lowest BCUT2D eigenvalue weighted by molar-refractivity contribution is 0.102. The van der Waals surface area contributed by atoms with Gasteiger partial charge in [-0.25, -0.2) is 9.97 Å². The van der Waals surface area contributed by atoms with Crippen molar-refractivity contribution in [2.24, 2.45) is 0 Å². The number of hydrogen-bond acceptors (Lipinski definition) is 6. The molecule has 160 valence electrons. The van der Waals surface area contributed by atoms with Crippen LogP contribution in [-0.2, 0) is 0 Å². The smallest absolute Gasteiger partial charge is 0.255 e. The summed E-state index contributed by atoms with van der Waals surface area (Å²) in [7, 11) is 0. The maximum Gasteiger partial charge on any atom is 0.255 e. The van der Waals surface area contributed by atoms with Gasteiger partial charge in [0.05, 0.1) is 42.3 Å². The van der Waals surface area contributed by atoms with Crippen molar-refractivity contribution in [1.82, 2.24) is 29.7 Å². The predicted molar refractivity (Wildman–Crippen MR) is 122 cm³/mol. The Morgan fingerprint density at radius 2 is 2.12 bits per heavy atom. The fourth-order valence-electron chi connectivity index (χ4n) is 3.71. The van der Waals surface area contributed by atoms with Gasteiger partial charge in [-0.05, 0) is 35.9 Å². The van der Waals surface area contributed by atoms with E-state index in [1.807, 2.05) is 24.5 Å². The molecule has 0 bridgehead atoms. The number of fused-ring (bicyclic) bond motifs is 1. The minimum Gasteiger partial charge on any atom is -0.346 e. The predicted octanol–water partition coefficient (Wildman–Crippen LogP) is 3.97. The summed E-state index contributed by atoms with van der Waals surface area (Å²) in [5.74, 6) is -0.252. The van der Waals surface area contributed by atoms with Crippen molar-refractivity contribution in [3.05, 3.63) is 90.9 Å². The number of nitriles is 1. The highest BCUT2D eigenvalue weighted by Crippen LogP contribution is 2.28. The van der Waals surface area contributed by atoms with Crippen LogP contribution in [0.2, 0.25) is 0 Å². The van der Waals surface area contributed by atoms with Gasteiger partial charge in [-0.3, -0.25) is 14.5 Å². The van der Waals surface area contributed by atoms with Crippen molar-refractivity contribution in [2.75, 3.05) is 5.32 Å². The van der Waals surface area contributed by atoms with E-state index in [9.17, 15) is 10.1 Å². The molecule has 1 amide bonds.